The van der Waals surface area contributed by atoms with E-state index in [1.165, 1.54) is 17.5 Å². The number of hydrogen-bond acceptors (Lipinski definition) is 5. The van der Waals surface area contributed by atoms with Gasteiger partial charge in [0.1, 0.15) is 10.7 Å². The molecular formula is C22H28N4O2S2. The summed E-state index contributed by atoms with van der Waals surface area (Å²) in [4.78, 5) is 37.3. The average molecular weight is 445 g/mol. The first-order chi connectivity index (χ1) is 14.4. The lowest BCUT2D eigenvalue weighted by molar-refractivity contribution is -0.134. The Morgan fingerprint density at radius 2 is 2.20 bits per heavy atom. The number of piperidine rings is 1. The predicted molar refractivity (Wildman–Crippen MR) is 124 cm³/mol. The molecule has 0 bridgehead atoms. The van der Waals surface area contributed by atoms with Crippen LogP contribution in [0.3, 0.4) is 0 Å². The van der Waals surface area contributed by atoms with Gasteiger partial charge in [-0.15, -0.1) is 23.1 Å². The average Bonchev–Trinajstić information content (AvgIpc) is 3.28. The molecule has 0 radical (unpaired) electrons. The maximum Gasteiger partial charge on any atom is 0.259 e. The standard InChI is InChI=1S/C22H28N4O2S2/c1-13-14(2)30-21-19(13)20(27)23-18(24-21)12-29-15(3)22(28)26-11-6-5-8-17(26)16-9-7-10-25(16)4/h7,9-10,15,17H,5-6,8,11-12H2,1-4H3,(H,23,24,27)/t15-,17+/m1/s1. The van der Waals surface area contributed by atoms with Gasteiger partial charge in [-0.3, -0.25) is 9.59 Å². The van der Waals surface area contributed by atoms with Gasteiger partial charge in [0.15, 0.2) is 0 Å². The molecule has 4 heterocycles. The van der Waals surface area contributed by atoms with Crippen molar-refractivity contribution in [3.05, 3.63) is 50.6 Å². The van der Waals surface area contributed by atoms with Crippen molar-refractivity contribution < 1.29 is 4.79 Å². The van der Waals surface area contributed by atoms with Crippen LogP contribution >= 0.6 is 23.1 Å². The van der Waals surface area contributed by atoms with Crippen molar-refractivity contribution in [3.63, 3.8) is 0 Å². The third-order valence-corrected chi connectivity index (χ3v) is 8.26. The van der Waals surface area contributed by atoms with E-state index in [1.807, 2.05) is 45.0 Å². The number of likely N-dealkylation sites (tertiary alicyclic amines) is 1. The molecule has 0 unspecified atom stereocenters. The van der Waals surface area contributed by atoms with Gasteiger partial charge in [-0.2, -0.15) is 0 Å². The molecular weight excluding hydrogens is 416 g/mol. The number of fused-ring (bicyclic) bond motifs is 1. The summed E-state index contributed by atoms with van der Waals surface area (Å²) >= 11 is 3.09. The number of nitrogens with one attached hydrogen (secondary N) is 1. The van der Waals surface area contributed by atoms with Crippen molar-refractivity contribution in [1.29, 1.82) is 0 Å². The molecule has 3 aromatic heterocycles. The lowest BCUT2D eigenvalue weighted by Crippen LogP contribution is -2.42. The zero-order valence-electron chi connectivity index (χ0n) is 17.9. The van der Waals surface area contributed by atoms with Crippen molar-refractivity contribution in [3.8, 4) is 0 Å². The number of thiophene rings is 1. The molecule has 4 rings (SSSR count). The summed E-state index contributed by atoms with van der Waals surface area (Å²) in [5.41, 5.74) is 2.11. The van der Waals surface area contributed by atoms with Crippen molar-refractivity contribution >= 4 is 39.2 Å². The summed E-state index contributed by atoms with van der Waals surface area (Å²) < 4.78 is 2.11. The highest BCUT2D eigenvalue weighted by atomic mass is 32.2. The molecule has 1 saturated heterocycles. The molecule has 1 aliphatic rings. The van der Waals surface area contributed by atoms with Crippen molar-refractivity contribution in [1.82, 2.24) is 19.4 Å². The van der Waals surface area contributed by atoms with E-state index < -0.39 is 0 Å². The molecule has 0 aromatic carbocycles. The molecule has 1 N–H and O–H groups in total. The second kappa shape index (κ2) is 8.59. The summed E-state index contributed by atoms with van der Waals surface area (Å²) in [6, 6.07) is 4.29. The van der Waals surface area contributed by atoms with E-state index >= 15 is 0 Å². The highest BCUT2D eigenvalue weighted by Gasteiger charge is 2.32. The van der Waals surface area contributed by atoms with E-state index in [1.54, 1.807) is 11.3 Å². The molecule has 6 nitrogen and oxygen atoms in total. The minimum absolute atomic E-state index is 0.0868. The molecule has 1 amide bonds. The van der Waals surface area contributed by atoms with Crippen LogP contribution in [0.1, 0.15) is 54.2 Å². The molecule has 1 fully saturated rings. The number of carbonyl (C=O) groups excluding carboxylic acids is 1. The van der Waals surface area contributed by atoms with E-state index in [4.69, 9.17) is 0 Å². The summed E-state index contributed by atoms with van der Waals surface area (Å²) in [5, 5.41) is 0.493. The molecule has 0 aliphatic carbocycles. The Bertz CT molecular complexity index is 1130. The van der Waals surface area contributed by atoms with Gasteiger partial charge in [0.05, 0.1) is 22.4 Å². The van der Waals surface area contributed by atoms with Gasteiger partial charge in [0.25, 0.3) is 5.56 Å². The van der Waals surface area contributed by atoms with E-state index in [9.17, 15) is 9.59 Å². The lowest BCUT2D eigenvalue weighted by atomic mass is 9.99. The molecule has 2 atom stereocenters. The summed E-state index contributed by atoms with van der Waals surface area (Å²) in [5.74, 6) is 1.31. The Kier molecular flexibility index (Phi) is 6.06. The minimum Gasteiger partial charge on any atom is -0.353 e. The molecule has 160 valence electrons. The topological polar surface area (TPSA) is 71.0 Å². The second-order valence-electron chi connectivity index (χ2n) is 8.02. The first-order valence-electron chi connectivity index (χ1n) is 10.4. The van der Waals surface area contributed by atoms with Crippen LogP contribution in [-0.4, -0.2) is 37.1 Å². The van der Waals surface area contributed by atoms with Gasteiger partial charge in [0.2, 0.25) is 5.91 Å². The molecule has 30 heavy (non-hydrogen) atoms. The highest BCUT2D eigenvalue weighted by molar-refractivity contribution is 7.99. The van der Waals surface area contributed by atoms with Crippen LogP contribution in [0.25, 0.3) is 10.2 Å². The SMILES string of the molecule is Cc1sc2nc(CS[C@H](C)C(=O)N3CCCC[C@H]3c3cccn3C)[nH]c(=O)c2c1C. The Balaban J connectivity index is 1.47. The molecule has 3 aromatic rings. The Morgan fingerprint density at radius 3 is 2.93 bits per heavy atom. The maximum absolute atomic E-state index is 13.3. The zero-order valence-corrected chi connectivity index (χ0v) is 19.5. The van der Waals surface area contributed by atoms with Crippen LogP contribution in [0, 0.1) is 13.8 Å². The van der Waals surface area contributed by atoms with E-state index in [0.29, 0.717) is 17.0 Å². The quantitative estimate of drug-likeness (QED) is 0.636. The normalized spacial score (nSPS) is 18.1. The maximum atomic E-state index is 13.3. The smallest absolute Gasteiger partial charge is 0.259 e. The molecule has 0 spiro atoms. The predicted octanol–water partition coefficient (Wildman–Crippen LogP) is 4.32. The van der Waals surface area contributed by atoms with E-state index in [-0.39, 0.29) is 22.8 Å². The zero-order chi connectivity index (χ0) is 21.4. The van der Waals surface area contributed by atoms with Crippen LogP contribution in [-0.2, 0) is 17.6 Å². The number of aromatic nitrogens is 3. The number of aryl methyl sites for hydroxylation is 3. The Morgan fingerprint density at radius 1 is 1.40 bits per heavy atom. The molecule has 8 heteroatoms. The third-order valence-electron chi connectivity index (χ3n) is 6.02. The van der Waals surface area contributed by atoms with Crippen LogP contribution in [0.4, 0.5) is 0 Å². The van der Waals surface area contributed by atoms with Crippen molar-refractivity contribution in [2.45, 2.75) is 57.1 Å². The number of thioether (sulfide) groups is 1. The minimum atomic E-state index is -0.196. The van der Waals surface area contributed by atoms with Crippen molar-refractivity contribution in [2.24, 2.45) is 7.05 Å². The fraction of sp³-hybridized carbons (Fsp3) is 0.500. The Labute approximate surface area is 184 Å². The van der Waals surface area contributed by atoms with Crippen LogP contribution in [0.5, 0.6) is 0 Å². The number of carbonyl (C=O) groups is 1. The van der Waals surface area contributed by atoms with Gasteiger partial charge in [-0.25, -0.2) is 4.98 Å². The van der Waals surface area contributed by atoms with Crippen LogP contribution in [0.15, 0.2) is 23.1 Å². The number of rotatable bonds is 5. The van der Waals surface area contributed by atoms with Gasteiger partial charge in [-0.05, 0) is 57.7 Å². The highest BCUT2D eigenvalue weighted by Crippen LogP contribution is 2.33. The Hall–Kier alpha value is -2.06. The van der Waals surface area contributed by atoms with Gasteiger partial charge < -0.3 is 14.5 Å². The van der Waals surface area contributed by atoms with Crippen LogP contribution < -0.4 is 5.56 Å². The van der Waals surface area contributed by atoms with Gasteiger partial charge in [0, 0.05) is 30.4 Å². The lowest BCUT2D eigenvalue weighted by Gasteiger charge is -2.37. The van der Waals surface area contributed by atoms with Gasteiger partial charge in [-0.1, -0.05) is 0 Å². The largest absolute Gasteiger partial charge is 0.353 e. The first-order valence-corrected chi connectivity index (χ1v) is 12.3. The molecule has 1 aliphatic heterocycles. The number of hydrogen-bond donors (Lipinski definition) is 1. The monoisotopic (exact) mass is 444 g/mol. The number of nitrogens with zero attached hydrogens (tertiary/aromatic N) is 3. The second-order valence-corrected chi connectivity index (χ2v) is 10.5. The number of H-pyrrole nitrogens is 1. The number of aromatic amines is 1. The van der Waals surface area contributed by atoms with E-state index in [2.05, 4.69) is 20.6 Å². The van der Waals surface area contributed by atoms with Crippen molar-refractivity contribution in [2.75, 3.05) is 6.54 Å². The van der Waals surface area contributed by atoms with Crippen LogP contribution in [0.2, 0.25) is 0 Å². The fourth-order valence-corrected chi connectivity index (χ4v) is 6.07. The summed E-state index contributed by atoms with van der Waals surface area (Å²) in [6.07, 6.45) is 5.24. The summed E-state index contributed by atoms with van der Waals surface area (Å²) in [6.45, 7) is 6.73. The van der Waals surface area contributed by atoms with E-state index in [0.717, 1.165) is 41.1 Å². The van der Waals surface area contributed by atoms with Gasteiger partial charge >= 0.3 is 0 Å². The fourth-order valence-electron chi connectivity index (χ4n) is 4.20. The first kappa shape index (κ1) is 21.2. The summed E-state index contributed by atoms with van der Waals surface area (Å²) in [7, 11) is 2.04. The number of amides is 1. The molecule has 0 saturated carbocycles. The third kappa shape index (κ3) is 3.95.